The first-order valence-corrected chi connectivity index (χ1v) is 9.89. The highest BCUT2D eigenvalue weighted by Gasteiger charge is 2.16. The van der Waals surface area contributed by atoms with Crippen LogP contribution in [0.4, 0.5) is 5.69 Å². The van der Waals surface area contributed by atoms with Crippen LogP contribution >= 0.6 is 0 Å². The number of benzene rings is 2. The maximum absolute atomic E-state index is 12.4. The minimum absolute atomic E-state index is 0.114. The third-order valence-electron chi connectivity index (χ3n) is 3.80. The van der Waals surface area contributed by atoms with E-state index in [1.165, 1.54) is 19.1 Å². The maximum Gasteiger partial charge on any atom is 0.240 e. The Morgan fingerprint density at radius 3 is 2.23 bits per heavy atom. The molecule has 0 aliphatic carbocycles. The van der Waals surface area contributed by atoms with Gasteiger partial charge < -0.3 is 9.64 Å². The molecular weight excluding hydrogens is 352 g/mol. The van der Waals surface area contributed by atoms with E-state index in [1.54, 1.807) is 17.0 Å². The number of hydrogen-bond donors (Lipinski definition) is 1. The van der Waals surface area contributed by atoms with Gasteiger partial charge in [0, 0.05) is 25.7 Å². The number of nitrogens with one attached hydrogen (secondary N) is 1. The van der Waals surface area contributed by atoms with Crippen LogP contribution in [0, 0.1) is 6.92 Å². The number of hydrogen-bond acceptors (Lipinski definition) is 4. The third kappa shape index (κ3) is 5.31. The molecule has 0 heterocycles. The summed E-state index contributed by atoms with van der Waals surface area (Å²) >= 11 is 0. The summed E-state index contributed by atoms with van der Waals surface area (Å²) in [4.78, 5) is 13.6. The second-order valence-corrected chi connectivity index (χ2v) is 7.58. The van der Waals surface area contributed by atoms with Gasteiger partial charge in [-0.2, -0.15) is 0 Å². The second-order valence-electron chi connectivity index (χ2n) is 5.81. The molecule has 7 heteroatoms. The number of rotatable bonds is 8. The van der Waals surface area contributed by atoms with Crippen molar-refractivity contribution >= 4 is 21.6 Å². The molecule has 2 rings (SSSR count). The summed E-state index contributed by atoms with van der Waals surface area (Å²) in [6, 6.07) is 13.7. The normalized spacial score (nSPS) is 11.2. The molecule has 0 spiro atoms. The van der Waals surface area contributed by atoms with E-state index in [1.807, 2.05) is 38.1 Å². The van der Waals surface area contributed by atoms with Gasteiger partial charge in [-0.15, -0.1) is 0 Å². The molecule has 1 N–H and O–H groups in total. The average Bonchev–Trinajstić information content (AvgIpc) is 2.60. The van der Waals surface area contributed by atoms with E-state index in [9.17, 15) is 13.2 Å². The Labute approximate surface area is 154 Å². The number of anilines is 1. The lowest BCUT2D eigenvalue weighted by Crippen LogP contribution is -2.37. The van der Waals surface area contributed by atoms with Gasteiger partial charge in [-0.3, -0.25) is 4.79 Å². The van der Waals surface area contributed by atoms with E-state index in [0.29, 0.717) is 12.4 Å². The van der Waals surface area contributed by atoms with Crippen LogP contribution in [0.25, 0.3) is 0 Å². The lowest BCUT2D eigenvalue weighted by Gasteiger charge is -2.21. The van der Waals surface area contributed by atoms with Crippen LogP contribution in [0.15, 0.2) is 53.4 Å². The van der Waals surface area contributed by atoms with Crippen molar-refractivity contribution in [1.82, 2.24) is 4.72 Å². The first-order chi connectivity index (χ1) is 12.3. The van der Waals surface area contributed by atoms with Gasteiger partial charge >= 0.3 is 0 Å². The van der Waals surface area contributed by atoms with Crippen LogP contribution < -0.4 is 14.4 Å². The Bertz CT molecular complexity index is 831. The van der Waals surface area contributed by atoms with Crippen molar-refractivity contribution in [3.05, 3.63) is 54.1 Å². The fraction of sp³-hybridized carbons (Fsp3) is 0.316. The molecule has 0 aromatic heterocycles. The second kappa shape index (κ2) is 8.82. The number of amides is 1. The molecule has 2 aromatic rings. The van der Waals surface area contributed by atoms with Crippen LogP contribution in [-0.2, 0) is 14.8 Å². The van der Waals surface area contributed by atoms with Crippen molar-refractivity contribution < 1.29 is 17.9 Å². The van der Waals surface area contributed by atoms with Crippen molar-refractivity contribution in [3.63, 3.8) is 0 Å². The molecule has 26 heavy (non-hydrogen) atoms. The molecule has 0 saturated carbocycles. The molecule has 0 fully saturated rings. The highest BCUT2D eigenvalue weighted by Crippen LogP contribution is 2.17. The van der Waals surface area contributed by atoms with Gasteiger partial charge in [0.1, 0.15) is 5.75 Å². The van der Waals surface area contributed by atoms with Gasteiger partial charge in [-0.25, -0.2) is 13.1 Å². The van der Waals surface area contributed by atoms with Gasteiger partial charge in [-0.1, -0.05) is 17.7 Å². The first kappa shape index (κ1) is 19.9. The van der Waals surface area contributed by atoms with Crippen molar-refractivity contribution in [2.24, 2.45) is 0 Å². The Balaban J connectivity index is 2.01. The lowest BCUT2D eigenvalue weighted by molar-refractivity contribution is -0.116. The predicted octanol–water partition coefficient (Wildman–Crippen LogP) is 2.73. The molecule has 0 unspecified atom stereocenters. The number of carbonyl (C=O) groups is 1. The summed E-state index contributed by atoms with van der Waals surface area (Å²) in [6.07, 6.45) is 0. The summed E-state index contributed by atoms with van der Waals surface area (Å²) in [5.74, 6) is 0.475. The highest BCUT2D eigenvalue weighted by atomic mass is 32.2. The minimum atomic E-state index is -3.65. The zero-order valence-electron chi connectivity index (χ0n) is 15.2. The molecular formula is C19H24N2O4S. The van der Waals surface area contributed by atoms with E-state index in [4.69, 9.17) is 4.74 Å². The van der Waals surface area contributed by atoms with Crippen molar-refractivity contribution in [1.29, 1.82) is 0 Å². The van der Waals surface area contributed by atoms with Gasteiger partial charge in [0.25, 0.3) is 0 Å². The van der Waals surface area contributed by atoms with Crippen LogP contribution in [0.5, 0.6) is 5.75 Å². The number of nitrogens with zero attached hydrogens (tertiary/aromatic N) is 1. The van der Waals surface area contributed by atoms with E-state index < -0.39 is 10.0 Å². The van der Waals surface area contributed by atoms with E-state index in [2.05, 4.69) is 4.72 Å². The van der Waals surface area contributed by atoms with Gasteiger partial charge in [0.15, 0.2) is 0 Å². The summed E-state index contributed by atoms with van der Waals surface area (Å²) < 4.78 is 32.6. The minimum Gasteiger partial charge on any atom is -0.494 e. The summed E-state index contributed by atoms with van der Waals surface area (Å²) in [5, 5.41) is 0. The third-order valence-corrected chi connectivity index (χ3v) is 5.28. The molecule has 0 aliphatic heterocycles. The molecule has 2 aromatic carbocycles. The maximum atomic E-state index is 12.4. The number of ether oxygens (including phenoxy) is 1. The zero-order valence-corrected chi connectivity index (χ0v) is 16.0. The molecule has 140 valence electrons. The zero-order chi connectivity index (χ0) is 19.2. The average molecular weight is 376 g/mol. The first-order valence-electron chi connectivity index (χ1n) is 8.41. The SMILES string of the molecule is CCOc1ccc(S(=O)(=O)NCCN(C(C)=O)c2ccc(C)cc2)cc1. The van der Waals surface area contributed by atoms with Crippen LogP contribution in [0.2, 0.25) is 0 Å². The Kier molecular flexibility index (Phi) is 6.76. The Morgan fingerprint density at radius 1 is 1.08 bits per heavy atom. The molecule has 0 bridgehead atoms. The molecule has 0 radical (unpaired) electrons. The summed E-state index contributed by atoms with van der Waals surface area (Å²) in [5.41, 5.74) is 1.83. The fourth-order valence-corrected chi connectivity index (χ4v) is 3.47. The molecule has 1 amide bonds. The van der Waals surface area contributed by atoms with Gasteiger partial charge in [-0.05, 0) is 50.2 Å². The van der Waals surface area contributed by atoms with Gasteiger partial charge in [0.05, 0.1) is 11.5 Å². The molecule has 0 atom stereocenters. The Morgan fingerprint density at radius 2 is 1.69 bits per heavy atom. The van der Waals surface area contributed by atoms with Gasteiger partial charge in [0.2, 0.25) is 15.9 Å². The standard InChI is InChI=1S/C19H24N2O4S/c1-4-25-18-9-11-19(12-10-18)26(23,24)20-13-14-21(16(3)22)17-7-5-15(2)6-8-17/h5-12,20H,4,13-14H2,1-3H3. The largest absolute Gasteiger partial charge is 0.494 e. The van der Waals surface area contributed by atoms with E-state index in [0.717, 1.165) is 11.3 Å². The van der Waals surface area contributed by atoms with Crippen molar-refractivity contribution in [2.75, 3.05) is 24.6 Å². The van der Waals surface area contributed by atoms with Crippen molar-refractivity contribution in [3.8, 4) is 5.75 Å². The number of sulfonamides is 1. The van der Waals surface area contributed by atoms with Crippen LogP contribution in [0.3, 0.4) is 0 Å². The van der Waals surface area contributed by atoms with Crippen LogP contribution in [-0.4, -0.2) is 34.0 Å². The Hall–Kier alpha value is -2.38. The smallest absolute Gasteiger partial charge is 0.240 e. The topological polar surface area (TPSA) is 75.7 Å². The highest BCUT2D eigenvalue weighted by molar-refractivity contribution is 7.89. The molecule has 0 aliphatic rings. The monoisotopic (exact) mass is 376 g/mol. The molecule has 0 saturated heterocycles. The van der Waals surface area contributed by atoms with Crippen molar-refractivity contribution in [2.45, 2.75) is 25.7 Å². The fourth-order valence-electron chi connectivity index (χ4n) is 2.45. The quantitative estimate of drug-likeness (QED) is 0.769. The number of carbonyl (C=O) groups excluding carboxylic acids is 1. The number of aryl methyl sites for hydroxylation is 1. The summed E-state index contributed by atoms with van der Waals surface area (Å²) in [6.45, 7) is 6.16. The van der Waals surface area contributed by atoms with E-state index >= 15 is 0 Å². The summed E-state index contributed by atoms with van der Waals surface area (Å²) in [7, 11) is -3.65. The van der Waals surface area contributed by atoms with E-state index in [-0.39, 0.29) is 23.9 Å². The van der Waals surface area contributed by atoms with Crippen LogP contribution in [0.1, 0.15) is 19.4 Å². The lowest BCUT2D eigenvalue weighted by atomic mass is 10.2. The predicted molar refractivity (Wildman–Crippen MR) is 102 cm³/mol. The molecule has 6 nitrogen and oxygen atoms in total.